The van der Waals surface area contributed by atoms with E-state index in [1.807, 2.05) is 0 Å². The summed E-state index contributed by atoms with van der Waals surface area (Å²) in [6.07, 6.45) is -7.16. The highest BCUT2D eigenvalue weighted by atomic mass is 32.3. The Hall–Kier alpha value is -0.870. The molecule has 0 aliphatic rings. The van der Waals surface area contributed by atoms with Crippen LogP contribution in [0.1, 0.15) is 0 Å². The Morgan fingerprint density at radius 2 is 1.00 bits per heavy atom. The van der Waals surface area contributed by atoms with Crippen molar-refractivity contribution in [3.05, 3.63) is 22.5 Å². The fourth-order valence-corrected chi connectivity index (χ4v) is 1.07. The summed E-state index contributed by atoms with van der Waals surface area (Å²) in [5.74, 6) is 0. The first-order valence-electron chi connectivity index (χ1n) is 2.57. The van der Waals surface area contributed by atoms with Gasteiger partial charge in [0.2, 0.25) is 0 Å². The second-order valence-electron chi connectivity index (χ2n) is 1.93. The van der Waals surface area contributed by atoms with Crippen LogP contribution < -0.4 is 0 Å². The Bertz CT molecular complexity index is 341. The van der Waals surface area contributed by atoms with Gasteiger partial charge in [-0.3, -0.25) is 9.11 Å². The van der Waals surface area contributed by atoms with E-state index in [9.17, 15) is 30.6 Å². The van der Waals surface area contributed by atoms with E-state index in [4.69, 9.17) is 9.11 Å². The zero-order chi connectivity index (χ0) is 11.8. The smallest absolute Gasteiger partial charge is 0.297 e. The summed E-state index contributed by atoms with van der Waals surface area (Å²) >= 11 is 0. The highest BCUT2D eigenvalue weighted by Gasteiger charge is 2.48. The molecule has 2 N–H and O–H groups in total. The van der Waals surface area contributed by atoms with Gasteiger partial charge in [0.15, 0.2) is 9.63 Å². The fourth-order valence-electron chi connectivity index (χ4n) is 0.357. The van der Waals surface area contributed by atoms with Crippen LogP contribution in [0.25, 0.3) is 0 Å². The predicted octanol–water partition coefficient (Wildman–Crippen LogP) is 2.82. The van der Waals surface area contributed by atoms with Gasteiger partial charge in [-0.25, -0.2) is 4.21 Å². The Labute approximate surface area is 72.8 Å². The van der Waals surface area contributed by atoms with Crippen molar-refractivity contribution in [3.8, 4) is 0 Å². The van der Waals surface area contributed by atoms with Gasteiger partial charge in [0.25, 0.3) is 10.3 Å². The highest BCUT2D eigenvalue weighted by Crippen LogP contribution is 2.41. The monoisotopic (exact) mass is 244 g/mol. The third-order valence-electron chi connectivity index (χ3n) is 0.943. The molecule has 10 heteroatoms. The van der Waals surface area contributed by atoms with E-state index in [2.05, 4.69) is 0 Å². The van der Waals surface area contributed by atoms with Gasteiger partial charge in [0.05, 0.1) is 0 Å². The molecule has 0 amide bonds. The quantitative estimate of drug-likeness (QED) is 0.734. The van der Waals surface area contributed by atoms with E-state index in [0.717, 1.165) is 0 Å². The van der Waals surface area contributed by atoms with Gasteiger partial charge in [-0.1, -0.05) is 0 Å². The molecular formula is C4H2F6O3S. The zero-order valence-corrected chi connectivity index (χ0v) is 6.80. The van der Waals surface area contributed by atoms with Gasteiger partial charge in [0.1, 0.15) is 0 Å². The maximum absolute atomic E-state index is 12.1. The first-order valence-corrected chi connectivity index (χ1v) is 4.45. The topological polar surface area (TPSA) is 57.5 Å². The molecule has 0 unspecified atom stereocenters. The lowest BCUT2D eigenvalue weighted by Gasteiger charge is -2.24. The van der Waals surface area contributed by atoms with Crippen LogP contribution in [0.15, 0.2) is 22.5 Å². The summed E-state index contributed by atoms with van der Waals surface area (Å²) < 4.78 is 96.2. The van der Waals surface area contributed by atoms with Crippen LogP contribution >= 0.6 is 0 Å². The molecule has 0 aliphatic carbocycles. The second kappa shape index (κ2) is 3.37. The van der Waals surface area contributed by atoms with Crippen LogP contribution in [0.2, 0.25) is 0 Å². The average Bonchev–Trinajstić information content (AvgIpc) is 2.00. The first kappa shape index (κ1) is 13.1. The van der Waals surface area contributed by atoms with E-state index in [1.54, 1.807) is 0 Å². The molecule has 0 saturated carbocycles. The Morgan fingerprint density at radius 3 is 1.14 bits per heavy atom. The van der Waals surface area contributed by atoms with Crippen molar-refractivity contribution in [2.24, 2.45) is 0 Å². The normalized spacial score (nSPS) is 14.1. The van der Waals surface area contributed by atoms with Crippen LogP contribution in [0.5, 0.6) is 0 Å². The predicted molar refractivity (Wildman–Crippen MR) is 34.1 cm³/mol. The molecule has 0 aliphatic heterocycles. The van der Waals surface area contributed by atoms with Gasteiger partial charge in [-0.2, -0.15) is 26.3 Å². The Kier molecular flexibility index (Phi) is 3.16. The molecule has 0 atom stereocenters. The highest BCUT2D eigenvalue weighted by molar-refractivity contribution is 8.16. The molecule has 0 aromatic heterocycles. The average molecular weight is 244 g/mol. The van der Waals surface area contributed by atoms with Gasteiger partial charge in [-0.15, -0.1) is 0 Å². The number of hydrogen-bond donors (Lipinski definition) is 2. The van der Waals surface area contributed by atoms with E-state index in [-0.39, 0.29) is 0 Å². The van der Waals surface area contributed by atoms with Crippen LogP contribution in [0.4, 0.5) is 26.3 Å². The van der Waals surface area contributed by atoms with Crippen molar-refractivity contribution < 1.29 is 39.7 Å². The number of halogens is 6. The molecule has 0 fully saturated rings. The molecule has 14 heavy (non-hydrogen) atoms. The lowest BCUT2D eigenvalue weighted by atomic mass is 11.1. The van der Waals surface area contributed by atoms with Crippen molar-refractivity contribution in [1.82, 2.24) is 0 Å². The van der Waals surface area contributed by atoms with Crippen LogP contribution in [0, 0.1) is 0 Å². The molecule has 0 rings (SSSR count). The molecule has 84 valence electrons. The summed E-state index contributed by atoms with van der Waals surface area (Å²) in [5, 5.41) is -7.10. The minimum absolute atomic E-state index is 3.55. The SMILES string of the molecule is O=S(O)(O)(C(F)=C(F)F)C(F)=C(F)F. The van der Waals surface area contributed by atoms with E-state index in [0.29, 0.717) is 0 Å². The lowest BCUT2D eigenvalue weighted by Crippen LogP contribution is -2.32. The van der Waals surface area contributed by atoms with Gasteiger partial charge in [-0.05, 0) is 0 Å². The maximum atomic E-state index is 12.1. The summed E-state index contributed by atoms with van der Waals surface area (Å²) in [6, 6.07) is 0. The lowest BCUT2D eigenvalue weighted by molar-refractivity contribution is 0.333. The van der Waals surface area contributed by atoms with Crippen LogP contribution in [-0.2, 0) is 9.63 Å². The van der Waals surface area contributed by atoms with Crippen molar-refractivity contribution in [2.75, 3.05) is 0 Å². The molecule has 0 aromatic carbocycles. The molecule has 0 heterocycles. The minimum atomic E-state index is -7.57. The van der Waals surface area contributed by atoms with Gasteiger partial charge in [0, 0.05) is 0 Å². The van der Waals surface area contributed by atoms with E-state index in [1.165, 1.54) is 0 Å². The molecule has 0 radical (unpaired) electrons. The van der Waals surface area contributed by atoms with Gasteiger partial charge >= 0.3 is 12.2 Å². The fraction of sp³-hybridized carbons (Fsp3) is 0. The minimum Gasteiger partial charge on any atom is -0.297 e. The third kappa shape index (κ3) is 2.13. The Balaban J connectivity index is 5.89. The molecule has 0 saturated heterocycles. The van der Waals surface area contributed by atoms with E-state index >= 15 is 0 Å². The summed E-state index contributed by atoms with van der Waals surface area (Å²) in [6.45, 7) is 0. The van der Waals surface area contributed by atoms with Crippen molar-refractivity contribution in [3.63, 3.8) is 0 Å². The first-order chi connectivity index (χ1) is 5.99. The largest absolute Gasteiger partial charge is 0.318 e. The second-order valence-corrected chi connectivity index (χ2v) is 4.38. The van der Waals surface area contributed by atoms with Crippen molar-refractivity contribution in [2.45, 2.75) is 0 Å². The summed E-state index contributed by atoms with van der Waals surface area (Å²) in [4.78, 5) is 0. The molecule has 0 bridgehead atoms. The van der Waals surface area contributed by atoms with E-state index < -0.39 is 32.1 Å². The maximum Gasteiger partial charge on any atom is 0.318 e. The van der Waals surface area contributed by atoms with Crippen molar-refractivity contribution >= 4 is 9.63 Å². The van der Waals surface area contributed by atoms with Gasteiger partial charge < -0.3 is 0 Å². The molecule has 0 spiro atoms. The third-order valence-corrected chi connectivity index (χ3v) is 2.54. The standard InChI is InChI=1S/C4H2F6O3S/c5-1(6)3(9)14(11,12,13)4(10)2(7)8/h(H2,11,12,13). The van der Waals surface area contributed by atoms with Crippen LogP contribution in [-0.4, -0.2) is 13.3 Å². The zero-order valence-electron chi connectivity index (χ0n) is 5.98. The summed E-state index contributed by atoms with van der Waals surface area (Å²) in [5.41, 5.74) is 0. The van der Waals surface area contributed by atoms with Crippen LogP contribution in [0.3, 0.4) is 0 Å². The molecule has 3 nitrogen and oxygen atoms in total. The molecule has 0 aromatic rings. The number of hydrogen-bond acceptors (Lipinski definition) is 1. The Morgan fingerprint density at radius 1 is 0.786 bits per heavy atom. The van der Waals surface area contributed by atoms with Crippen molar-refractivity contribution in [1.29, 1.82) is 0 Å². The summed E-state index contributed by atoms with van der Waals surface area (Å²) in [7, 11) is -7.57. The molecular weight excluding hydrogens is 242 g/mol. The number of rotatable bonds is 2.